The number of nitrogens with zero attached hydrogens (tertiary/aromatic N) is 1. The van der Waals surface area contributed by atoms with E-state index in [2.05, 4.69) is 30.1 Å². The number of aromatic carboxylic acids is 1. The number of benzene rings is 1. The van der Waals surface area contributed by atoms with Crippen LogP contribution in [-0.4, -0.2) is 56.9 Å². The molecular weight excluding hydrogens is 471 g/mol. The molecule has 158 valence electrons. The van der Waals surface area contributed by atoms with E-state index in [0.717, 1.165) is 31.3 Å². The van der Waals surface area contributed by atoms with E-state index in [1.54, 1.807) is 0 Å². The molecule has 0 fully saturated rings. The van der Waals surface area contributed by atoms with Crippen molar-refractivity contribution < 1.29 is 51.6 Å². The highest BCUT2D eigenvalue weighted by Gasteiger charge is 2.38. The fraction of sp³-hybridized carbons (Fsp3) is 0.312. The minimum atomic E-state index is -5.14. The molecule has 1 heterocycles. The quantitative estimate of drug-likeness (QED) is 0.630. The number of carboxylic acid groups (broad SMARTS) is 1. The third-order valence-corrected chi connectivity index (χ3v) is 4.20. The lowest BCUT2D eigenvalue weighted by Gasteiger charge is -2.32. The van der Waals surface area contributed by atoms with E-state index in [0.29, 0.717) is 0 Å². The molecule has 0 saturated heterocycles. The molecule has 0 unspecified atom stereocenters. The van der Waals surface area contributed by atoms with Gasteiger partial charge in [0.25, 0.3) is 0 Å². The first-order valence-electron chi connectivity index (χ1n) is 7.57. The molecule has 1 aliphatic heterocycles. The predicted molar refractivity (Wildman–Crippen MR) is 92.1 cm³/mol. The van der Waals surface area contributed by atoms with Gasteiger partial charge in [-0.05, 0) is 28.1 Å². The van der Waals surface area contributed by atoms with Gasteiger partial charge in [-0.3, -0.25) is 0 Å². The number of carbonyl (C=O) groups is 3. The smallest absolute Gasteiger partial charge is 0.478 e. The second-order valence-electron chi connectivity index (χ2n) is 5.38. The van der Waals surface area contributed by atoms with E-state index in [4.69, 9.17) is 4.74 Å². The van der Waals surface area contributed by atoms with Gasteiger partial charge < -0.3 is 29.0 Å². The molecule has 0 bridgehead atoms. The third kappa shape index (κ3) is 4.98. The van der Waals surface area contributed by atoms with Gasteiger partial charge in [-0.2, -0.15) is 0 Å². The van der Waals surface area contributed by atoms with Crippen LogP contribution >= 0.6 is 15.9 Å². The van der Waals surface area contributed by atoms with Crippen LogP contribution in [0, 0.1) is 0 Å². The van der Waals surface area contributed by atoms with Crippen LogP contribution < -0.4 is 9.64 Å². The first-order chi connectivity index (χ1) is 13.5. The Labute approximate surface area is 169 Å². The number of hydrogen-bond donors (Lipinski definition) is 1. The topological polar surface area (TPSA) is 112 Å². The molecular formula is C16H13BrF3NO8. The van der Waals surface area contributed by atoms with Crippen LogP contribution in [0.1, 0.15) is 10.4 Å². The maximum absolute atomic E-state index is 12.9. The third-order valence-electron chi connectivity index (χ3n) is 3.61. The van der Waals surface area contributed by atoms with Crippen LogP contribution in [-0.2, 0) is 23.8 Å². The van der Waals surface area contributed by atoms with Crippen molar-refractivity contribution in [3.05, 3.63) is 33.4 Å². The summed E-state index contributed by atoms with van der Waals surface area (Å²) in [7, 11) is 2.03. The summed E-state index contributed by atoms with van der Waals surface area (Å²) < 4.78 is 56.8. The Morgan fingerprint density at radius 3 is 2.31 bits per heavy atom. The molecule has 0 amide bonds. The molecule has 0 aromatic heterocycles. The Bertz CT molecular complexity index is 884. The van der Waals surface area contributed by atoms with Gasteiger partial charge in [0.15, 0.2) is 5.75 Å². The summed E-state index contributed by atoms with van der Waals surface area (Å²) in [4.78, 5) is 36.5. The fourth-order valence-electron chi connectivity index (χ4n) is 2.45. The molecule has 0 aliphatic carbocycles. The van der Waals surface area contributed by atoms with Crippen molar-refractivity contribution in [2.75, 3.05) is 32.5 Å². The zero-order valence-electron chi connectivity index (χ0n) is 14.8. The van der Waals surface area contributed by atoms with E-state index in [-0.39, 0.29) is 16.7 Å². The summed E-state index contributed by atoms with van der Waals surface area (Å²) in [5, 5.41) is 9.24. The number of methoxy groups -OCH3 is 2. The van der Waals surface area contributed by atoms with Crippen LogP contribution in [0.15, 0.2) is 27.9 Å². The normalized spacial score (nSPS) is 14.5. The number of hydrogen-bond acceptors (Lipinski definition) is 8. The summed E-state index contributed by atoms with van der Waals surface area (Å²) in [5.41, 5.74) is -1.74. The van der Waals surface area contributed by atoms with E-state index in [1.165, 1.54) is 0 Å². The molecule has 0 atom stereocenters. The molecule has 1 N–H and O–H groups in total. The minimum absolute atomic E-state index is 0.333. The maximum Gasteiger partial charge on any atom is 0.573 e. The lowest BCUT2D eigenvalue weighted by Crippen LogP contribution is -2.39. The summed E-state index contributed by atoms with van der Waals surface area (Å²) in [5.74, 6) is -4.37. The second-order valence-corrected chi connectivity index (χ2v) is 6.23. The molecule has 0 radical (unpaired) electrons. The van der Waals surface area contributed by atoms with E-state index >= 15 is 0 Å². The molecule has 1 aromatic carbocycles. The Hall–Kier alpha value is -2.80. The van der Waals surface area contributed by atoms with E-state index in [9.17, 15) is 32.7 Å². The first kappa shape index (κ1) is 22.5. The van der Waals surface area contributed by atoms with Gasteiger partial charge in [-0.15, -0.1) is 13.2 Å². The Morgan fingerprint density at radius 1 is 1.17 bits per heavy atom. The molecule has 0 saturated carbocycles. The molecule has 13 heteroatoms. The molecule has 29 heavy (non-hydrogen) atoms. The second kappa shape index (κ2) is 8.69. The Morgan fingerprint density at radius 2 is 1.79 bits per heavy atom. The van der Waals surface area contributed by atoms with Crippen molar-refractivity contribution in [2.45, 2.75) is 6.36 Å². The van der Waals surface area contributed by atoms with Crippen LogP contribution in [0.4, 0.5) is 18.9 Å². The molecule has 2 rings (SSSR count). The number of esters is 2. The first-order valence-corrected chi connectivity index (χ1v) is 8.37. The maximum atomic E-state index is 12.9. The highest BCUT2D eigenvalue weighted by molar-refractivity contribution is 9.10. The number of rotatable bonds is 5. The standard InChI is InChI=1S/C16H13BrF3NO8/c1-26-14(24)8-5-28-6-21(11(8)15(25)27-2)10-4-7(13(22)23)3-9(17)12(10)29-16(18,19)20/h3-4H,5-6H2,1-2H3,(H,22,23). The summed E-state index contributed by atoms with van der Waals surface area (Å²) >= 11 is 2.84. The van der Waals surface area contributed by atoms with E-state index in [1.807, 2.05) is 0 Å². The Balaban J connectivity index is 2.79. The van der Waals surface area contributed by atoms with Gasteiger partial charge in [0.05, 0.1) is 42.1 Å². The van der Waals surface area contributed by atoms with Crippen LogP contribution in [0.3, 0.4) is 0 Å². The highest BCUT2D eigenvalue weighted by atomic mass is 79.9. The largest absolute Gasteiger partial charge is 0.573 e. The SMILES string of the molecule is COC(=O)C1=C(C(=O)OC)N(c2cc(C(=O)O)cc(Br)c2OC(F)(F)F)COC1. The predicted octanol–water partition coefficient (Wildman–Crippen LogP) is 2.44. The van der Waals surface area contributed by atoms with Crippen molar-refractivity contribution in [1.29, 1.82) is 0 Å². The van der Waals surface area contributed by atoms with E-state index < -0.39 is 53.7 Å². The fourth-order valence-corrected chi connectivity index (χ4v) is 2.98. The number of halogens is 4. The van der Waals surface area contributed by atoms with Crippen molar-refractivity contribution in [3.8, 4) is 5.75 Å². The van der Waals surface area contributed by atoms with Crippen molar-refractivity contribution >= 4 is 39.5 Å². The number of ether oxygens (including phenoxy) is 4. The summed E-state index contributed by atoms with van der Waals surface area (Å²) in [6.45, 7) is -0.891. The van der Waals surface area contributed by atoms with Crippen LogP contribution in [0.25, 0.3) is 0 Å². The van der Waals surface area contributed by atoms with Gasteiger partial charge >= 0.3 is 24.3 Å². The highest BCUT2D eigenvalue weighted by Crippen LogP contribution is 2.42. The average Bonchev–Trinajstić information content (AvgIpc) is 2.66. The van der Waals surface area contributed by atoms with Crippen LogP contribution in [0.2, 0.25) is 0 Å². The minimum Gasteiger partial charge on any atom is -0.478 e. The lowest BCUT2D eigenvalue weighted by atomic mass is 10.1. The summed E-state index contributed by atoms with van der Waals surface area (Å²) in [6, 6.07) is 1.72. The summed E-state index contributed by atoms with van der Waals surface area (Å²) in [6.07, 6.45) is -5.14. The zero-order chi connectivity index (χ0) is 21.9. The van der Waals surface area contributed by atoms with Crippen molar-refractivity contribution in [1.82, 2.24) is 0 Å². The van der Waals surface area contributed by atoms with Gasteiger partial charge in [-0.1, -0.05) is 0 Å². The van der Waals surface area contributed by atoms with Crippen molar-refractivity contribution in [3.63, 3.8) is 0 Å². The number of alkyl halides is 3. The number of anilines is 1. The monoisotopic (exact) mass is 483 g/mol. The van der Waals surface area contributed by atoms with Gasteiger partial charge in [0, 0.05) is 0 Å². The van der Waals surface area contributed by atoms with Crippen LogP contribution in [0.5, 0.6) is 5.75 Å². The van der Waals surface area contributed by atoms with Gasteiger partial charge in [0.1, 0.15) is 12.4 Å². The molecule has 1 aliphatic rings. The number of carboxylic acids is 1. The van der Waals surface area contributed by atoms with Gasteiger partial charge in [-0.25, -0.2) is 14.4 Å². The Kier molecular flexibility index (Phi) is 6.74. The molecule has 1 aromatic rings. The number of carbonyl (C=O) groups excluding carboxylic acids is 2. The zero-order valence-corrected chi connectivity index (χ0v) is 16.4. The molecule has 0 spiro atoms. The lowest BCUT2D eigenvalue weighted by molar-refractivity contribution is -0.274. The molecule has 9 nitrogen and oxygen atoms in total. The van der Waals surface area contributed by atoms with Crippen molar-refractivity contribution in [2.24, 2.45) is 0 Å². The van der Waals surface area contributed by atoms with Gasteiger partial charge in [0.2, 0.25) is 0 Å². The average molecular weight is 484 g/mol.